The zero-order valence-electron chi connectivity index (χ0n) is 10.1. The van der Waals surface area contributed by atoms with Crippen LogP contribution in [0.25, 0.3) is 0 Å². The number of hydrogen-bond acceptors (Lipinski definition) is 1. The third-order valence-electron chi connectivity index (χ3n) is 4.50. The summed E-state index contributed by atoms with van der Waals surface area (Å²) in [6, 6.07) is 9.74. The molecule has 1 spiro atoms. The topological polar surface area (TPSA) is 12.0 Å². The van der Waals surface area contributed by atoms with E-state index < -0.39 is 0 Å². The minimum Gasteiger partial charge on any atom is -0.314 e. The highest BCUT2D eigenvalue weighted by atomic mass is 14.9. The number of nitrogens with one attached hydrogen (secondary N) is 1. The van der Waals surface area contributed by atoms with Gasteiger partial charge in [0.25, 0.3) is 0 Å². The van der Waals surface area contributed by atoms with Crippen molar-refractivity contribution in [1.29, 1.82) is 0 Å². The SMILES string of the molecule is CC1CC2(CCN1)CCc1ccccc1C2. The van der Waals surface area contributed by atoms with Gasteiger partial charge < -0.3 is 5.32 Å². The fraction of sp³-hybridized carbons (Fsp3) is 0.600. The number of benzene rings is 1. The van der Waals surface area contributed by atoms with Gasteiger partial charge in [0, 0.05) is 6.04 Å². The first kappa shape index (κ1) is 10.3. The number of piperidine rings is 1. The summed E-state index contributed by atoms with van der Waals surface area (Å²) in [7, 11) is 0. The Balaban J connectivity index is 1.86. The van der Waals surface area contributed by atoms with Gasteiger partial charge in [-0.05, 0) is 62.1 Å². The number of rotatable bonds is 0. The Hall–Kier alpha value is -0.820. The van der Waals surface area contributed by atoms with Crippen LogP contribution in [0, 0.1) is 5.41 Å². The van der Waals surface area contributed by atoms with E-state index in [1.807, 2.05) is 0 Å². The fourth-order valence-electron chi connectivity index (χ4n) is 3.66. The normalized spacial score (nSPS) is 33.7. The number of aryl methyl sites for hydroxylation is 1. The van der Waals surface area contributed by atoms with E-state index >= 15 is 0 Å². The minimum atomic E-state index is 0.610. The van der Waals surface area contributed by atoms with Crippen LogP contribution in [0.5, 0.6) is 0 Å². The lowest BCUT2D eigenvalue weighted by molar-refractivity contribution is 0.146. The van der Waals surface area contributed by atoms with E-state index in [1.165, 1.54) is 38.6 Å². The van der Waals surface area contributed by atoms with Crippen LogP contribution < -0.4 is 5.32 Å². The quantitative estimate of drug-likeness (QED) is 0.701. The number of hydrogen-bond donors (Lipinski definition) is 1. The largest absolute Gasteiger partial charge is 0.314 e. The highest BCUT2D eigenvalue weighted by Gasteiger charge is 2.37. The summed E-state index contributed by atoms with van der Waals surface area (Å²) in [6.45, 7) is 3.55. The maximum absolute atomic E-state index is 3.58. The van der Waals surface area contributed by atoms with E-state index in [9.17, 15) is 0 Å². The van der Waals surface area contributed by atoms with Gasteiger partial charge >= 0.3 is 0 Å². The average Bonchev–Trinajstić information content (AvgIpc) is 2.28. The Labute approximate surface area is 98.3 Å². The van der Waals surface area contributed by atoms with Crippen LogP contribution in [0.2, 0.25) is 0 Å². The first-order valence-electron chi connectivity index (χ1n) is 6.58. The zero-order chi connectivity index (χ0) is 11.0. The van der Waals surface area contributed by atoms with Gasteiger partial charge in [-0.3, -0.25) is 0 Å². The third-order valence-corrected chi connectivity index (χ3v) is 4.50. The van der Waals surface area contributed by atoms with Crippen molar-refractivity contribution >= 4 is 0 Å². The molecule has 1 nitrogen and oxygen atoms in total. The molecule has 0 radical (unpaired) electrons. The summed E-state index contributed by atoms with van der Waals surface area (Å²) in [6.07, 6.45) is 6.74. The summed E-state index contributed by atoms with van der Waals surface area (Å²) in [5.74, 6) is 0. The van der Waals surface area contributed by atoms with E-state index in [2.05, 4.69) is 36.5 Å². The van der Waals surface area contributed by atoms with Crippen LogP contribution in [-0.2, 0) is 12.8 Å². The van der Waals surface area contributed by atoms with Crippen LogP contribution in [0.4, 0.5) is 0 Å². The van der Waals surface area contributed by atoms with Gasteiger partial charge in [-0.1, -0.05) is 24.3 Å². The van der Waals surface area contributed by atoms with E-state index in [4.69, 9.17) is 0 Å². The Bertz CT molecular complexity index is 385. The van der Waals surface area contributed by atoms with E-state index in [-0.39, 0.29) is 0 Å². The van der Waals surface area contributed by atoms with Gasteiger partial charge in [-0.25, -0.2) is 0 Å². The Morgan fingerprint density at radius 3 is 2.81 bits per heavy atom. The summed E-state index contributed by atoms with van der Waals surface area (Å²) >= 11 is 0. The fourth-order valence-corrected chi connectivity index (χ4v) is 3.66. The molecule has 2 atom stereocenters. The highest BCUT2D eigenvalue weighted by molar-refractivity contribution is 5.31. The molecule has 1 N–H and O–H groups in total. The van der Waals surface area contributed by atoms with Crippen LogP contribution in [-0.4, -0.2) is 12.6 Å². The lowest BCUT2D eigenvalue weighted by atomic mass is 9.65. The Kier molecular flexibility index (Phi) is 2.51. The summed E-state index contributed by atoms with van der Waals surface area (Å²) < 4.78 is 0. The van der Waals surface area contributed by atoms with Gasteiger partial charge in [0.15, 0.2) is 0 Å². The third kappa shape index (κ3) is 1.78. The van der Waals surface area contributed by atoms with Crippen molar-refractivity contribution in [2.75, 3.05) is 6.54 Å². The van der Waals surface area contributed by atoms with Crippen molar-refractivity contribution < 1.29 is 0 Å². The van der Waals surface area contributed by atoms with Crippen molar-refractivity contribution in [2.24, 2.45) is 5.41 Å². The monoisotopic (exact) mass is 215 g/mol. The maximum Gasteiger partial charge on any atom is 0.00441 e. The van der Waals surface area contributed by atoms with Crippen LogP contribution in [0.15, 0.2) is 24.3 Å². The maximum atomic E-state index is 3.58. The van der Waals surface area contributed by atoms with E-state index in [1.54, 1.807) is 11.1 Å². The molecular formula is C15H21N. The van der Waals surface area contributed by atoms with Crippen molar-refractivity contribution in [3.8, 4) is 0 Å². The van der Waals surface area contributed by atoms with E-state index in [0.29, 0.717) is 11.5 Å². The molecule has 1 aromatic carbocycles. The molecule has 2 unspecified atom stereocenters. The molecule has 16 heavy (non-hydrogen) atoms. The molecule has 0 amide bonds. The second kappa shape index (κ2) is 3.89. The van der Waals surface area contributed by atoms with Gasteiger partial charge in [0.2, 0.25) is 0 Å². The Morgan fingerprint density at radius 2 is 2.00 bits per heavy atom. The predicted molar refractivity (Wildman–Crippen MR) is 67.6 cm³/mol. The molecule has 1 heteroatoms. The summed E-state index contributed by atoms with van der Waals surface area (Å²) in [4.78, 5) is 0. The first-order chi connectivity index (χ1) is 7.77. The van der Waals surface area contributed by atoms with Gasteiger partial charge in [-0.2, -0.15) is 0 Å². The van der Waals surface area contributed by atoms with Crippen molar-refractivity contribution in [3.05, 3.63) is 35.4 Å². The molecule has 1 fully saturated rings. The predicted octanol–water partition coefficient (Wildman–Crippen LogP) is 2.93. The molecule has 1 aliphatic carbocycles. The molecule has 1 heterocycles. The van der Waals surface area contributed by atoms with Crippen LogP contribution in [0.1, 0.15) is 37.3 Å². The smallest absolute Gasteiger partial charge is 0.00441 e. The summed E-state index contributed by atoms with van der Waals surface area (Å²) in [5, 5.41) is 3.58. The molecule has 3 rings (SSSR count). The average molecular weight is 215 g/mol. The molecule has 1 aromatic rings. The lowest BCUT2D eigenvalue weighted by Gasteiger charge is -2.44. The molecule has 0 saturated carbocycles. The first-order valence-corrected chi connectivity index (χ1v) is 6.58. The second-order valence-corrected chi connectivity index (χ2v) is 5.75. The summed E-state index contributed by atoms with van der Waals surface area (Å²) in [5.41, 5.74) is 3.82. The standard InChI is InChI=1S/C15H21N/c1-12-10-15(8-9-16-12)7-6-13-4-2-3-5-14(13)11-15/h2-5,12,16H,6-11H2,1H3. The Morgan fingerprint density at radius 1 is 1.19 bits per heavy atom. The minimum absolute atomic E-state index is 0.610. The lowest BCUT2D eigenvalue weighted by Crippen LogP contribution is -2.45. The van der Waals surface area contributed by atoms with Crippen LogP contribution >= 0.6 is 0 Å². The number of fused-ring (bicyclic) bond motifs is 1. The molecule has 1 aliphatic heterocycles. The van der Waals surface area contributed by atoms with Crippen molar-refractivity contribution in [1.82, 2.24) is 5.32 Å². The zero-order valence-corrected chi connectivity index (χ0v) is 10.1. The van der Waals surface area contributed by atoms with Crippen molar-refractivity contribution in [3.63, 3.8) is 0 Å². The molecule has 0 aromatic heterocycles. The van der Waals surface area contributed by atoms with Gasteiger partial charge in [-0.15, -0.1) is 0 Å². The molecule has 0 bridgehead atoms. The van der Waals surface area contributed by atoms with Crippen molar-refractivity contribution in [2.45, 2.75) is 45.1 Å². The molecule has 86 valence electrons. The molecular weight excluding hydrogens is 194 g/mol. The second-order valence-electron chi connectivity index (χ2n) is 5.75. The van der Waals surface area contributed by atoms with E-state index in [0.717, 1.165) is 0 Å². The van der Waals surface area contributed by atoms with Gasteiger partial charge in [0.1, 0.15) is 0 Å². The highest BCUT2D eigenvalue weighted by Crippen LogP contribution is 2.43. The van der Waals surface area contributed by atoms with Crippen LogP contribution in [0.3, 0.4) is 0 Å². The molecule has 1 saturated heterocycles. The molecule has 2 aliphatic rings. The van der Waals surface area contributed by atoms with Gasteiger partial charge in [0.05, 0.1) is 0 Å².